The number of benzene rings is 1. The molecule has 1 atom stereocenters. The van der Waals surface area contributed by atoms with Crippen molar-refractivity contribution in [3.05, 3.63) is 28.0 Å². The molecule has 2 N–H and O–H groups in total. The van der Waals surface area contributed by atoms with Gasteiger partial charge >= 0.3 is 0 Å². The van der Waals surface area contributed by atoms with Crippen molar-refractivity contribution in [2.75, 3.05) is 26.2 Å². The number of nitrogens with one attached hydrogen (secondary N) is 1. The van der Waals surface area contributed by atoms with E-state index >= 15 is 0 Å². The van der Waals surface area contributed by atoms with Gasteiger partial charge in [0.1, 0.15) is 0 Å². The molecule has 1 saturated heterocycles. The van der Waals surface area contributed by atoms with Crippen LogP contribution in [0.3, 0.4) is 0 Å². The van der Waals surface area contributed by atoms with Crippen LogP contribution in [0.2, 0.25) is 0 Å². The number of piperazine rings is 1. The zero-order chi connectivity index (χ0) is 13.1. The second-order valence-corrected chi connectivity index (χ2v) is 5.36. The smallest absolute Gasteiger partial charge is 0.165 e. The van der Waals surface area contributed by atoms with Crippen LogP contribution in [0.1, 0.15) is 24.9 Å². The highest BCUT2D eigenvalue weighted by Gasteiger charge is 2.26. The number of hydrogen-bond acceptors (Lipinski definition) is 3. The van der Waals surface area contributed by atoms with Gasteiger partial charge in [0.05, 0.1) is 0 Å². The average Bonchev–Trinajstić information content (AvgIpc) is 2.40. The summed E-state index contributed by atoms with van der Waals surface area (Å²) in [5.41, 5.74) is 0.666. The lowest BCUT2D eigenvalue weighted by Crippen LogP contribution is -2.45. The van der Waals surface area contributed by atoms with Gasteiger partial charge in [-0.2, -0.15) is 0 Å². The highest BCUT2D eigenvalue weighted by Crippen LogP contribution is 2.38. The molecule has 0 radical (unpaired) electrons. The van der Waals surface area contributed by atoms with E-state index < -0.39 is 5.82 Å². The van der Waals surface area contributed by atoms with Crippen LogP contribution in [0, 0.1) is 5.82 Å². The van der Waals surface area contributed by atoms with E-state index in [0.29, 0.717) is 5.56 Å². The Hall–Kier alpha value is -0.650. The van der Waals surface area contributed by atoms with E-state index in [1.54, 1.807) is 6.07 Å². The fourth-order valence-electron chi connectivity index (χ4n) is 2.51. The van der Waals surface area contributed by atoms with E-state index in [2.05, 4.69) is 33.1 Å². The number of phenols is 1. The molecule has 0 saturated carbocycles. The van der Waals surface area contributed by atoms with E-state index in [4.69, 9.17) is 0 Å². The zero-order valence-electron chi connectivity index (χ0n) is 10.4. The van der Waals surface area contributed by atoms with Crippen LogP contribution < -0.4 is 5.32 Å². The maximum absolute atomic E-state index is 13.5. The van der Waals surface area contributed by atoms with Crippen LogP contribution in [0.5, 0.6) is 5.75 Å². The first-order valence-corrected chi connectivity index (χ1v) is 7.06. The summed E-state index contributed by atoms with van der Waals surface area (Å²) in [6, 6.07) is 3.00. The molecule has 1 aliphatic rings. The van der Waals surface area contributed by atoms with Crippen molar-refractivity contribution in [1.29, 1.82) is 0 Å². The average molecular weight is 317 g/mol. The van der Waals surface area contributed by atoms with Crippen LogP contribution in [0.25, 0.3) is 0 Å². The standard InChI is InChI=1S/C13H18BrFN2O/c1-2-11(17-7-5-16-6-8-17)12-9(14)3-4-10(15)13(12)18/h3-4,11,16,18H,2,5-8H2,1H3/t11-/m1/s1. The molecular weight excluding hydrogens is 299 g/mol. The van der Waals surface area contributed by atoms with Gasteiger partial charge in [0.15, 0.2) is 11.6 Å². The Labute approximate surface area is 115 Å². The maximum atomic E-state index is 13.5. The normalized spacial score (nSPS) is 18.8. The molecule has 0 aliphatic carbocycles. The molecule has 100 valence electrons. The first-order chi connectivity index (χ1) is 8.65. The van der Waals surface area contributed by atoms with Gasteiger partial charge in [-0.05, 0) is 18.6 Å². The monoisotopic (exact) mass is 316 g/mol. The molecule has 1 aromatic rings. The number of aromatic hydroxyl groups is 1. The molecule has 1 aromatic carbocycles. The van der Waals surface area contributed by atoms with Crippen molar-refractivity contribution >= 4 is 15.9 Å². The Morgan fingerprint density at radius 2 is 2.11 bits per heavy atom. The molecule has 1 aliphatic heterocycles. The van der Waals surface area contributed by atoms with Crippen molar-refractivity contribution in [3.63, 3.8) is 0 Å². The molecule has 18 heavy (non-hydrogen) atoms. The molecule has 2 rings (SSSR count). The summed E-state index contributed by atoms with van der Waals surface area (Å²) in [6.45, 7) is 5.76. The van der Waals surface area contributed by atoms with Gasteiger partial charge in [-0.3, -0.25) is 4.90 Å². The molecule has 1 fully saturated rings. The van der Waals surface area contributed by atoms with Crippen molar-refractivity contribution in [2.24, 2.45) is 0 Å². The minimum atomic E-state index is -0.554. The van der Waals surface area contributed by atoms with Crippen molar-refractivity contribution in [3.8, 4) is 5.75 Å². The summed E-state index contributed by atoms with van der Waals surface area (Å²) in [4.78, 5) is 2.29. The van der Waals surface area contributed by atoms with Crippen molar-refractivity contribution in [1.82, 2.24) is 10.2 Å². The van der Waals surface area contributed by atoms with E-state index in [-0.39, 0.29) is 11.8 Å². The third kappa shape index (κ3) is 2.68. The topological polar surface area (TPSA) is 35.5 Å². The lowest BCUT2D eigenvalue weighted by Gasteiger charge is -2.35. The highest BCUT2D eigenvalue weighted by atomic mass is 79.9. The summed E-state index contributed by atoms with van der Waals surface area (Å²) in [5.74, 6) is -0.781. The lowest BCUT2D eigenvalue weighted by atomic mass is 10.0. The van der Waals surface area contributed by atoms with Crippen molar-refractivity contribution in [2.45, 2.75) is 19.4 Å². The molecule has 5 heteroatoms. The fourth-order valence-corrected chi connectivity index (χ4v) is 3.10. The molecular formula is C13H18BrFN2O. The maximum Gasteiger partial charge on any atom is 0.165 e. The highest BCUT2D eigenvalue weighted by molar-refractivity contribution is 9.10. The third-order valence-electron chi connectivity index (χ3n) is 3.43. The summed E-state index contributed by atoms with van der Waals surface area (Å²) in [7, 11) is 0. The Bertz CT molecular complexity index is 422. The van der Waals surface area contributed by atoms with Gasteiger partial charge in [0, 0.05) is 42.3 Å². The molecule has 0 bridgehead atoms. The number of nitrogens with zero attached hydrogens (tertiary/aromatic N) is 1. The van der Waals surface area contributed by atoms with E-state index in [1.165, 1.54) is 6.07 Å². The molecule has 3 nitrogen and oxygen atoms in total. The van der Waals surface area contributed by atoms with Crippen LogP contribution in [-0.4, -0.2) is 36.2 Å². The van der Waals surface area contributed by atoms with Crippen molar-refractivity contribution < 1.29 is 9.50 Å². The Kier molecular flexibility index (Phi) is 4.59. The molecule has 0 aromatic heterocycles. The number of phenolic OH excluding ortho intramolecular Hbond substituents is 1. The van der Waals surface area contributed by atoms with Gasteiger partial charge < -0.3 is 10.4 Å². The summed E-state index contributed by atoms with van der Waals surface area (Å²) in [6.07, 6.45) is 0.843. The minimum Gasteiger partial charge on any atom is -0.505 e. The van der Waals surface area contributed by atoms with E-state index in [1.807, 2.05) is 0 Å². The number of rotatable bonds is 3. The first-order valence-electron chi connectivity index (χ1n) is 6.26. The third-order valence-corrected chi connectivity index (χ3v) is 4.12. The van der Waals surface area contributed by atoms with Crippen LogP contribution >= 0.6 is 15.9 Å². The molecule has 0 spiro atoms. The Morgan fingerprint density at radius 1 is 1.44 bits per heavy atom. The van der Waals surface area contributed by atoms with E-state index in [9.17, 15) is 9.50 Å². The Balaban J connectivity index is 2.34. The molecule has 1 heterocycles. The zero-order valence-corrected chi connectivity index (χ0v) is 12.0. The number of hydrogen-bond donors (Lipinski definition) is 2. The minimum absolute atomic E-state index is 0.0529. The van der Waals surface area contributed by atoms with E-state index in [0.717, 1.165) is 37.1 Å². The second-order valence-electron chi connectivity index (χ2n) is 4.50. The SMILES string of the molecule is CC[C@H](c1c(Br)ccc(F)c1O)N1CCNCC1. The first kappa shape index (κ1) is 13.8. The van der Waals surface area contributed by atoms with Crippen LogP contribution in [0.4, 0.5) is 4.39 Å². The summed E-state index contributed by atoms with van der Waals surface area (Å²) < 4.78 is 14.3. The molecule has 0 unspecified atom stereocenters. The quantitative estimate of drug-likeness (QED) is 0.900. The predicted octanol–water partition coefficient (Wildman–Crippen LogP) is 2.65. The van der Waals surface area contributed by atoms with Gasteiger partial charge in [-0.25, -0.2) is 4.39 Å². The summed E-state index contributed by atoms with van der Waals surface area (Å²) >= 11 is 3.42. The lowest BCUT2D eigenvalue weighted by molar-refractivity contribution is 0.165. The van der Waals surface area contributed by atoms with Crippen LogP contribution in [0.15, 0.2) is 16.6 Å². The summed E-state index contributed by atoms with van der Waals surface area (Å²) in [5, 5.41) is 13.3. The predicted molar refractivity (Wildman–Crippen MR) is 73.2 cm³/mol. The Morgan fingerprint density at radius 3 is 2.72 bits per heavy atom. The van der Waals surface area contributed by atoms with Crippen LogP contribution in [-0.2, 0) is 0 Å². The van der Waals surface area contributed by atoms with Gasteiger partial charge in [0.2, 0.25) is 0 Å². The largest absolute Gasteiger partial charge is 0.505 e. The molecule has 0 amide bonds. The number of halogens is 2. The van der Waals surface area contributed by atoms with Gasteiger partial charge in [0.25, 0.3) is 0 Å². The van der Waals surface area contributed by atoms with Gasteiger partial charge in [-0.15, -0.1) is 0 Å². The van der Waals surface area contributed by atoms with Gasteiger partial charge in [-0.1, -0.05) is 22.9 Å². The fraction of sp³-hybridized carbons (Fsp3) is 0.538. The second kappa shape index (κ2) is 5.99.